The van der Waals surface area contributed by atoms with E-state index in [4.69, 9.17) is 220 Å². The first-order valence-corrected chi connectivity index (χ1v) is 47.8. The maximum absolute atomic E-state index is 11.2. The normalized spacial score (nSPS) is 13.6. The van der Waals surface area contributed by atoms with Gasteiger partial charge in [0.25, 0.3) is 0 Å². The number of nitrogens with two attached hydrogens (primary N) is 1. The van der Waals surface area contributed by atoms with E-state index in [1.807, 2.05) is 0 Å². The molecule has 2 aliphatic carbocycles. The topological polar surface area (TPSA) is 469 Å². The van der Waals surface area contributed by atoms with Crippen LogP contribution in [0.3, 0.4) is 0 Å². The highest BCUT2D eigenvalue weighted by Crippen LogP contribution is 2.57. The number of halogens is 1. The molecule has 0 bridgehead atoms. The Morgan fingerprint density at radius 1 is 0.255 bits per heavy atom. The van der Waals surface area contributed by atoms with Crippen LogP contribution in [0.25, 0.3) is 44.5 Å². The molecule has 2 aliphatic rings. The van der Waals surface area contributed by atoms with E-state index < -0.39 is 11.4 Å². The van der Waals surface area contributed by atoms with Gasteiger partial charge in [-0.05, 0) is 161 Å². The van der Waals surface area contributed by atoms with Crippen molar-refractivity contribution in [2.45, 2.75) is 82.0 Å². The summed E-state index contributed by atoms with van der Waals surface area (Å²) >= 11 is 3.86. The summed E-state index contributed by atoms with van der Waals surface area (Å²) in [6, 6.07) is 35.9. The molecule has 5 aromatic rings. The van der Waals surface area contributed by atoms with E-state index in [1.165, 1.54) is 44.5 Å². The van der Waals surface area contributed by atoms with E-state index in [-0.39, 0.29) is 263 Å². The van der Waals surface area contributed by atoms with Crippen LogP contribution < -0.4 is 5.73 Å². The van der Waals surface area contributed by atoms with Gasteiger partial charge in [-0.25, -0.2) is 196 Å². The van der Waals surface area contributed by atoms with Gasteiger partial charge in [0.05, 0.1) is 26.4 Å². The van der Waals surface area contributed by atoms with Gasteiger partial charge >= 0.3 is 5.97 Å². The zero-order valence-electron chi connectivity index (χ0n) is 80.8. The molecule has 0 fully saturated rings. The van der Waals surface area contributed by atoms with Gasteiger partial charge in [-0.1, -0.05) is 96.0 Å². The van der Waals surface area contributed by atoms with Crippen LogP contribution in [0.2, 0.25) is 0 Å². The van der Waals surface area contributed by atoms with Crippen molar-refractivity contribution in [1.29, 1.82) is 0 Å². The molecule has 0 saturated heterocycles. The predicted octanol–water partition coefficient (Wildman–Crippen LogP) is 10.7. The first kappa shape index (κ1) is 122. The van der Waals surface area contributed by atoms with Gasteiger partial charge in [0, 0.05) is 49.2 Å². The minimum Gasteiger partial charge on any atom is -0.481 e. The van der Waals surface area contributed by atoms with Gasteiger partial charge in [0.2, 0.25) is 0 Å². The summed E-state index contributed by atoms with van der Waals surface area (Å²) in [6.07, 6.45) is 7.28. The second-order valence-corrected chi connectivity index (χ2v) is 30.8. The van der Waals surface area contributed by atoms with Crippen LogP contribution in [0.5, 0.6) is 0 Å². The van der Waals surface area contributed by atoms with Crippen LogP contribution in [-0.4, -0.2) is 336 Å². The minimum atomic E-state index is -0.783. The number of carboxylic acid groups (broad SMARTS) is 1. The quantitative estimate of drug-likeness (QED) is 0.0207. The van der Waals surface area contributed by atoms with E-state index in [9.17, 15) is 9.90 Å². The van der Waals surface area contributed by atoms with Crippen LogP contribution in [-0.2, 0) is 236 Å². The van der Waals surface area contributed by atoms with Crippen molar-refractivity contribution >= 4 is 21.9 Å². The van der Waals surface area contributed by atoms with Gasteiger partial charge in [-0.3, -0.25) is 4.79 Å². The summed E-state index contributed by atoms with van der Waals surface area (Å²) < 4.78 is 23.0. The number of benzene rings is 5. The highest BCUT2D eigenvalue weighted by molar-refractivity contribution is 9.10. The maximum atomic E-state index is 11.2. The fraction of sp³-hybridized carbons (Fsp3) is 0.667. The number of aryl methyl sites for hydroxylation is 1. The summed E-state index contributed by atoms with van der Waals surface area (Å²) in [6.45, 7) is 10.3. The lowest BCUT2D eigenvalue weighted by atomic mass is 9.71. The third kappa shape index (κ3) is 55.2. The standard InChI is InChI=1S/C93H142BrNO46/c1-92(23-4-5-26-95)87-73-79(78-13-11-77(12-14-78)9-6-10-91(96)97)15-19-83(87)84-20-16-80(74-88(84)92)81-17-21-85-86-22-18-82(94)76-90(86)93(89(85)75-81,24-7-27-100-31-35-104-108-39-43-112-116-47-51-120-124-55-59-128-132-63-67-136-140-71-69-138-134-65-61-130-126-57-53-122-118-49-45-114-110-41-37-106-102-33-29-98-2)25-8-28-101-32-36-105-109-40-44-113-117-48-52-121-125-56-60-129-133-64-68-137-141-72-70-139-135-66-62-131-127-58-54-123-119-50-46-115-111-42-38-107-103-34-30-99-3/h11-22,73-76H,4-10,23-72,95H2,1-3H3,(H,96,97). The zero-order valence-corrected chi connectivity index (χ0v) is 82.4. The van der Waals surface area contributed by atoms with Gasteiger partial charge in [-0.15, -0.1) is 0 Å². The Labute approximate surface area is 828 Å². The minimum absolute atomic E-state index is 0.0806. The fourth-order valence-corrected chi connectivity index (χ4v) is 14.0. The molecule has 0 radical (unpaired) electrons. The smallest absolute Gasteiger partial charge is 0.303 e. The first-order chi connectivity index (χ1) is 69.7. The Morgan fingerprint density at radius 3 is 0.745 bits per heavy atom. The zero-order chi connectivity index (χ0) is 99.4. The molecule has 5 aromatic carbocycles. The first-order valence-electron chi connectivity index (χ1n) is 47.0. The van der Waals surface area contributed by atoms with E-state index in [1.54, 1.807) is 14.2 Å². The van der Waals surface area contributed by atoms with Gasteiger partial charge in [0.15, 0.2) is 0 Å². The lowest BCUT2D eigenvalue weighted by Gasteiger charge is -2.33. The molecule has 0 saturated carbocycles. The summed E-state index contributed by atoms with van der Waals surface area (Å²) in [5.41, 5.74) is 21.0. The number of methoxy groups -OCH3 is 2. The third-order valence-electron chi connectivity index (χ3n) is 19.8. The molecule has 1 unspecified atom stereocenters. The lowest BCUT2D eigenvalue weighted by molar-refractivity contribution is -0.379. The molecular weight excluding hydrogens is 1950 g/mol. The number of hydrogen-bond donors (Lipinski definition) is 2. The van der Waals surface area contributed by atoms with E-state index in [0.717, 1.165) is 77.2 Å². The van der Waals surface area contributed by atoms with Crippen molar-refractivity contribution < 1.29 is 224 Å². The van der Waals surface area contributed by atoms with Crippen molar-refractivity contribution in [3.8, 4) is 44.5 Å². The molecule has 0 aliphatic heterocycles. The highest BCUT2D eigenvalue weighted by Gasteiger charge is 2.44. The summed E-state index contributed by atoms with van der Waals surface area (Å²) in [7, 11) is 3.13. The molecule has 141 heavy (non-hydrogen) atoms. The van der Waals surface area contributed by atoms with Crippen LogP contribution in [0.1, 0.15) is 92.5 Å². The Morgan fingerprint density at radius 2 is 0.482 bits per heavy atom. The highest BCUT2D eigenvalue weighted by atomic mass is 79.9. The Kier molecular flexibility index (Phi) is 73.0. The molecule has 0 spiro atoms. The average Bonchev–Trinajstić information content (AvgIpc) is 1.56. The van der Waals surface area contributed by atoms with E-state index in [2.05, 4.69) is 120 Å². The van der Waals surface area contributed by atoms with Crippen molar-refractivity contribution in [3.05, 3.63) is 129 Å². The average molecular weight is 2090 g/mol. The lowest BCUT2D eigenvalue weighted by Crippen LogP contribution is -2.27. The number of hydrogen-bond acceptors (Lipinski definition) is 46. The second kappa shape index (κ2) is 84.2. The molecular formula is C93H142BrNO46. The molecule has 0 heterocycles. The van der Waals surface area contributed by atoms with Crippen LogP contribution in [0, 0.1) is 0 Å². The number of aliphatic carboxylic acids is 1. The molecule has 0 aromatic heterocycles. The number of rotatable bonds is 104. The predicted molar refractivity (Wildman–Crippen MR) is 489 cm³/mol. The van der Waals surface area contributed by atoms with Crippen molar-refractivity contribution in [3.63, 3.8) is 0 Å². The van der Waals surface area contributed by atoms with E-state index in [0.29, 0.717) is 72.2 Å². The number of ether oxygens (including phenoxy) is 4. The Hall–Kier alpha value is -5.75. The van der Waals surface area contributed by atoms with Crippen molar-refractivity contribution in [2.24, 2.45) is 5.73 Å². The summed E-state index contributed by atoms with van der Waals surface area (Å²) in [4.78, 5) is 212. The van der Waals surface area contributed by atoms with Crippen molar-refractivity contribution in [1.82, 2.24) is 0 Å². The molecule has 7 rings (SSSR count). The second-order valence-electron chi connectivity index (χ2n) is 29.9. The molecule has 1 atom stereocenters. The fourth-order valence-electron chi connectivity index (χ4n) is 13.6. The van der Waals surface area contributed by atoms with Gasteiger partial charge in [-0.2, -0.15) is 0 Å². The van der Waals surface area contributed by atoms with Gasteiger partial charge < -0.3 is 29.8 Å². The SMILES string of the molecule is COCCOOCCOOCCOOCCOOCCOOCCOOCCOOCCOOCCOOCCOOCCOCCCC1(CCCOCCOOCCOOCCOOCCOOCCOOCCOOCCOOCCOOCCOOCCOOCCOC)c2cc(Br)ccc2-c2ccc(-c3ccc4c(c3)C(C)(CCCCN)c3cc(-c5ccc(CCCC(=O)O)cc5)ccc3-4)cc21. The maximum Gasteiger partial charge on any atom is 0.303 e. The number of fused-ring (bicyclic) bond motifs is 6. The monoisotopic (exact) mass is 2090 g/mol. The van der Waals surface area contributed by atoms with Crippen molar-refractivity contribution in [2.75, 3.05) is 325 Å². The molecule has 48 heteroatoms. The summed E-state index contributed by atoms with van der Waals surface area (Å²) in [5, 5.41) is 9.23. The number of unbranched alkanes of at least 4 members (excludes halogenated alkanes) is 1. The number of carbonyl (C=O) groups is 1. The summed E-state index contributed by atoms with van der Waals surface area (Å²) in [5.74, 6) is -0.783. The van der Waals surface area contributed by atoms with Crippen LogP contribution >= 0.6 is 15.9 Å². The molecule has 3 N–H and O–H groups in total. The third-order valence-corrected chi connectivity index (χ3v) is 20.3. The Balaban J connectivity index is 0.723. The number of carboxylic acids is 1. The van der Waals surface area contributed by atoms with Crippen LogP contribution in [0.4, 0.5) is 0 Å². The van der Waals surface area contributed by atoms with Crippen LogP contribution in [0.15, 0.2) is 102 Å². The van der Waals surface area contributed by atoms with E-state index >= 15 is 0 Å². The Bertz CT molecular complexity index is 3730. The molecule has 0 amide bonds. The molecule has 802 valence electrons. The van der Waals surface area contributed by atoms with Gasteiger partial charge in [0.1, 0.15) is 264 Å². The largest absolute Gasteiger partial charge is 0.481 e. The molecule has 47 nitrogen and oxygen atoms in total.